The van der Waals surface area contributed by atoms with Gasteiger partial charge in [0.2, 0.25) is 0 Å². The number of rotatable bonds is 35. The number of amides is 4. The molecule has 12 N–H and O–H groups in total. The Hall–Kier alpha value is -11.2. The number of imidazole rings is 4. The summed E-state index contributed by atoms with van der Waals surface area (Å²) >= 11 is 1.85. The Balaban J connectivity index is 0.000000190. The van der Waals surface area contributed by atoms with Crippen LogP contribution in [0.3, 0.4) is 0 Å². The molecule has 4 aliphatic carbocycles. The smallest absolute Gasteiger partial charge is 0.291 e. The van der Waals surface area contributed by atoms with Gasteiger partial charge in [-0.15, -0.1) is 25.7 Å². The van der Waals surface area contributed by atoms with Crippen LogP contribution >= 0.6 is 11.8 Å². The minimum atomic E-state index is -3.01. The Morgan fingerprint density at radius 3 is 0.986 bits per heavy atom. The number of aliphatic hydroxyl groups excluding tert-OH is 1. The van der Waals surface area contributed by atoms with Crippen LogP contribution in [0.5, 0.6) is 0 Å². The Bertz CT molecular complexity index is 5830. The number of H-pyrrole nitrogens is 4. The average Bonchev–Trinajstić information content (AvgIpc) is 0.925. The highest BCUT2D eigenvalue weighted by Gasteiger charge is 2.35. The topological polar surface area (TPSA) is 337 Å². The normalized spacial score (nSPS) is 16.5. The minimum Gasteiger partial charge on any atom is -0.395 e. The third-order valence-electron chi connectivity index (χ3n) is 27.1. The molecule has 4 aromatic carbocycles. The molecule has 1 aliphatic heterocycles. The quantitative estimate of drug-likeness (QED) is 0.0130. The number of methoxy groups -OCH3 is 1. The molecule has 4 amide bonds. The number of β-amino-alcohol motifs (C(OH)–C–C–N with tert-alkyl or cyclic N) is 1. The first-order valence-corrected chi connectivity index (χ1v) is 51.7. The Kier molecular flexibility index (Phi) is 38.0. The number of piperazine rings is 1. The van der Waals surface area contributed by atoms with Crippen molar-refractivity contribution in [2.45, 2.75) is 209 Å². The van der Waals surface area contributed by atoms with Crippen molar-refractivity contribution in [1.82, 2.24) is 65.6 Å². The van der Waals surface area contributed by atoms with Crippen LogP contribution in [0.4, 0.5) is 22.7 Å². The van der Waals surface area contributed by atoms with Gasteiger partial charge in [0.1, 0.15) is 32.6 Å². The lowest BCUT2D eigenvalue weighted by Gasteiger charge is -2.39. The second-order valence-corrected chi connectivity index (χ2v) is 46.2. The molecule has 0 spiro atoms. The third kappa shape index (κ3) is 31.7. The first kappa shape index (κ1) is 109. The Labute approximate surface area is 825 Å². The van der Waals surface area contributed by atoms with Gasteiger partial charge in [-0.1, -0.05) is 183 Å². The number of sulfone groups is 1. The molecule has 25 nitrogen and oxygen atoms in total. The van der Waals surface area contributed by atoms with Crippen LogP contribution in [0.2, 0.25) is 0 Å². The maximum atomic E-state index is 13.0. The van der Waals surface area contributed by atoms with Crippen LogP contribution in [0.1, 0.15) is 298 Å². The third-order valence-corrected chi connectivity index (χ3v) is 28.6. The van der Waals surface area contributed by atoms with Crippen molar-refractivity contribution in [3.63, 3.8) is 0 Å². The number of ether oxygens (including phenoxy) is 1. The average molecular weight is 1910 g/mol. The lowest BCUT2D eigenvalue weighted by Crippen LogP contribution is -2.50. The predicted molar refractivity (Wildman–Crippen MR) is 567 cm³/mol. The van der Waals surface area contributed by atoms with E-state index in [1.165, 1.54) is 70.0 Å². The van der Waals surface area contributed by atoms with E-state index in [0.717, 1.165) is 199 Å². The van der Waals surface area contributed by atoms with Crippen molar-refractivity contribution in [1.29, 1.82) is 0 Å². The molecule has 738 valence electrons. The predicted octanol–water partition coefficient (Wildman–Crippen LogP) is 18.5. The molecular weight excluding hydrogens is 1760 g/mol. The number of anilines is 4. The van der Waals surface area contributed by atoms with Crippen molar-refractivity contribution in [3.05, 3.63) is 212 Å². The lowest BCUT2D eigenvalue weighted by atomic mass is 9.75. The van der Waals surface area contributed by atoms with Crippen LogP contribution < -0.4 is 37.2 Å². The SMILES string of the molecule is C#Cc1cnc(C(=O)Nc2ccc(C(C)(C)CN3CCN(CCO)CC3)cc2C2=CCC(C)(C)CC2)[nH]1.C#Cc1cnc(C(=O)Nc2ccc(C(C)(C)CNCCOC)cc2C2=CCC(C)(C)CC2)[nH]1.C#Cc1cnc(C(=O)Nc2ccc(C(C)(C)CNCCS(C)(=O)=O)cc2C2=CCC(C)(C)CC2)[nH]1.C#Cc1cnc(C(=O)Nc2ccc(C(C)(C)CNCCSC)cc2C2=CCC(C)(C)CC2)[nH]1. The fraction of sp³-hybridized carbons (Fsp3) is 0.495. The van der Waals surface area contributed by atoms with E-state index in [1.807, 2.05) is 42.1 Å². The molecule has 0 saturated carbocycles. The number of benzene rings is 4. The van der Waals surface area contributed by atoms with Gasteiger partial charge < -0.3 is 67.0 Å². The number of aliphatic hydroxyl groups is 1. The molecule has 138 heavy (non-hydrogen) atoms. The largest absolute Gasteiger partial charge is 0.395 e. The second kappa shape index (κ2) is 48.1. The van der Waals surface area contributed by atoms with E-state index in [-0.39, 0.29) is 86.4 Å². The number of hydrogen-bond donors (Lipinski definition) is 12. The van der Waals surface area contributed by atoms with Crippen molar-refractivity contribution in [2.75, 3.05) is 144 Å². The summed E-state index contributed by atoms with van der Waals surface area (Å²) in [6.45, 7) is 47.4. The molecule has 0 radical (unpaired) electrons. The summed E-state index contributed by atoms with van der Waals surface area (Å²) in [4.78, 5) is 84.3. The van der Waals surface area contributed by atoms with Gasteiger partial charge in [-0.3, -0.25) is 29.0 Å². The minimum absolute atomic E-state index is 0.0348. The van der Waals surface area contributed by atoms with E-state index in [0.29, 0.717) is 58.7 Å². The van der Waals surface area contributed by atoms with Crippen LogP contribution in [0, 0.1) is 71.0 Å². The van der Waals surface area contributed by atoms with Gasteiger partial charge in [-0.05, 0) is 198 Å². The van der Waals surface area contributed by atoms with Crippen molar-refractivity contribution >= 4 is 90.3 Å². The molecule has 0 atom stereocenters. The molecule has 5 aliphatic rings. The van der Waals surface area contributed by atoms with Gasteiger partial charge in [-0.2, -0.15) is 11.8 Å². The highest BCUT2D eigenvalue weighted by molar-refractivity contribution is 7.98. The van der Waals surface area contributed by atoms with Crippen molar-refractivity contribution < 1.29 is 37.4 Å². The second-order valence-electron chi connectivity index (χ2n) is 42.9. The van der Waals surface area contributed by atoms with E-state index in [4.69, 9.17) is 30.4 Å². The number of terminal acetylenes is 4. The number of allylic oxidation sites excluding steroid dienone is 8. The standard InChI is InChI=1S/C30H41N5O2.C27H36N4O3S.C27H36N4O2.C27H36N4OS/c1-6-24-20-31-27(32-24)28(37)33-26-8-7-23(19-25(26)22-9-11-29(2,3)12-10-22)30(4,5)21-35-15-13-34(14-16-35)17-18-36;1-7-21-17-29-24(30-21)25(32)31-23-9-8-20(27(4,5)18-28-14-15-35(6,33)34)16-22(23)19-10-12-26(2,3)13-11-19;2*1-7-21-17-29-24(30-21)25(32)31-23-9-8-20(27(4,5)18-28-14-15-33-6)16-22(23)19-10-12-26(2,3)13-11-19/h1,7-9,19-20,36H,10-18,21H2,2-5H3,(H,31,32)(H,33,37);1,8-10,16-17,28H,11-15,18H2,2-6H3,(H,29,30)(H,31,32);2*1,8-10,16-17,28H,11-15,18H2,2-6H3,(H,29,30)(H,31,32). The summed E-state index contributed by atoms with van der Waals surface area (Å²) in [6, 6.07) is 25.3. The van der Waals surface area contributed by atoms with Gasteiger partial charge in [0, 0.05) is 164 Å². The zero-order valence-corrected chi connectivity index (χ0v) is 86.6. The molecule has 27 heteroatoms. The lowest BCUT2D eigenvalue weighted by molar-refractivity contribution is 0.0996. The summed E-state index contributed by atoms with van der Waals surface area (Å²) in [7, 11) is -1.30. The zero-order valence-electron chi connectivity index (χ0n) is 85.0. The first-order chi connectivity index (χ1) is 65.2. The fourth-order valence-electron chi connectivity index (χ4n) is 17.5. The zero-order chi connectivity index (χ0) is 101. The number of carbonyl (C=O) groups is 4. The highest BCUT2D eigenvalue weighted by Crippen LogP contribution is 2.47. The van der Waals surface area contributed by atoms with E-state index in [2.05, 4.69) is 294 Å². The number of thioether (sulfide) groups is 1. The summed E-state index contributed by atoms with van der Waals surface area (Å²) in [5.74, 6) is 10.6. The van der Waals surface area contributed by atoms with Crippen LogP contribution in [-0.4, -0.2) is 210 Å². The Morgan fingerprint density at radius 1 is 0.449 bits per heavy atom. The van der Waals surface area contributed by atoms with E-state index < -0.39 is 9.84 Å². The summed E-state index contributed by atoms with van der Waals surface area (Å²) in [5, 5.41) is 31.8. The summed E-state index contributed by atoms with van der Waals surface area (Å²) in [5.41, 5.74) is 19.9. The van der Waals surface area contributed by atoms with Crippen LogP contribution in [-0.2, 0) is 36.2 Å². The molecule has 8 aromatic rings. The van der Waals surface area contributed by atoms with Crippen LogP contribution in [0.15, 0.2) is 122 Å². The number of aromatic nitrogens is 8. The molecule has 13 rings (SSSR count). The molecule has 0 bridgehead atoms. The highest BCUT2D eigenvalue weighted by atomic mass is 32.2. The van der Waals surface area contributed by atoms with Gasteiger partial charge in [0.05, 0.1) is 43.8 Å². The molecule has 0 unspecified atom stereocenters. The number of hydrogen-bond acceptors (Lipinski definition) is 18. The fourth-order valence-corrected chi connectivity index (χ4v) is 18.4. The van der Waals surface area contributed by atoms with Gasteiger partial charge in [-0.25, -0.2) is 28.4 Å². The molecule has 1 fully saturated rings. The number of nitrogens with zero attached hydrogens (tertiary/aromatic N) is 6. The number of carbonyl (C=O) groups excluding carboxylic acids is 4. The monoisotopic (exact) mass is 1910 g/mol. The maximum absolute atomic E-state index is 13.0. The maximum Gasteiger partial charge on any atom is 0.291 e. The number of aromatic amines is 4. The first-order valence-electron chi connectivity index (χ1n) is 48.2. The summed E-state index contributed by atoms with van der Waals surface area (Å²) < 4.78 is 28.0. The van der Waals surface area contributed by atoms with Crippen molar-refractivity contribution in [3.8, 4) is 49.4 Å². The Morgan fingerprint density at radius 2 is 0.732 bits per heavy atom. The molecular formula is C111H149N17O8S2. The van der Waals surface area contributed by atoms with Crippen molar-refractivity contribution in [2.24, 2.45) is 21.7 Å². The molecule has 4 aromatic heterocycles. The van der Waals surface area contributed by atoms with Gasteiger partial charge >= 0.3 is 0 Å². The molecule has 5 heterocycles. The van der Waals surface area contributed by atoms with E-state index in [1.54, 1.807) is 7.11 Å². The van der Waals surface area contributed by atoms with Gasteiger partial charge in [0.25, 0.3) is 23.6 Å². The van der Waals surface area contributed by atoms with E-state index in [9.17, 15) is 32.7 Å². The van der Waals surface area contributed by atoms with E-state index >= 15 is 0 Å². The number of nitrogens with one attached hydrogen (secondary N) is 11. The van der Waals surface area contributed by atoms with Crippen LogP contribution in [0.25, 0.3) is 22.3 Å². The molecule has 1 saturated heterocycles. The summed E-state index contributed by atoms with van der Waals surface area (Å²) in [6.07, 6.45) is 52.5. The van der Waals surface area contributed by atoms with Gasteiger partial charge in [0.15, 0.2) is 23.3 Å².